The number of carbonyl (C=O) groups excluding carboxylic acids is 2. The molecule has 0 heterocycles. The summed E-state index contributed by atoms with van der Waals surface area (Å²) in [6.07, 6.45) is 0.623. The first-order valence-corrected chi connectivity index (χ1v) is 14.0. The van der Waals surface area contributed by atoms with E-state index in [1.54, 1.807) is 0 Å². The Hall–Kier alpha value is -3.11. The lowest BCUT2D eigenvalue weighted by Crippen LogP contribution is -2.55. The number of aliphatic hydroxyl groups excluding tert-OH is 1. The van der Waals surface area contributed by atoms with E-state index in [1.807, 2.05) is 25.1 Å². The van der Waals surface area contributed by atoms with E-state index in [4.69, 9.17) is 0 Å². The van der Waals surface area contributed by atoms with Gasteiger partial charge in [-0.1, -0.05) is 51.0 Å². The Kier molecular flexibility index (Phi) is 14.5. The summed E-state index contributed by atoms with van der Waals surface area (Å²) >= 11 is 0. The average Bonchev–Trinajstić information content (AvgIpc) is 2.92. The molecule has 0 radical (unpaired) electrons. The van der Waals surface area contributed by atoms with Crippen LogP contribution in [0.25, 0.3) is 0 Å². The predicted octanol–water partition coefficient (Wildman–Crippen LogP) is 4.31. The smallest absolute Gasteiger partial charge is 0.315 e. The SMILES string of the molecule is CCCCC(F)CC[C@@H](NC(=O)NC)C(=O)N[C@@H](Cc1cc(F)cc(F)c1)[C@@H](O)CNCc1cccc(CC)c1. The summed E-state index contributed by atoms with van der Waals surface area (Å²) in [7, 11) is 1.40. The molecule has 0 aliphatic heterocycles. The Bertz CT molecular complexity index is 1050. The molecule has 2 aromatic carbocycles. The largest absolute Gasteiger partial charge is 0.390 e. The normalized spacial score (nSPS) is 14.2. The van der Waals surface area contributed by atoms with E-state index in [-0.39, 0.29) is 31.4 Å². The lowest BCUT2D eigenvalue weighted by Gasteiger charge is -2.28. The predicted molar refractivity (Wildman–Crippen MR) is 151 cm³/mol. The van der Waals surface area contributed by atoms with Crippen LogP contribution in [-0.4, -0.2) is 55.0 Å². The Balaban J connectivity index is 2.15. The summed E-state index contributed by atoms with van der Waals surface area (Å²) in [5.41, 5.74) is 2.45. The van der Waals surface area contributed by atoms with Gasteiger partial charge in [0.1, 0.15) is 23.8 Å². The molecule has 0 saturated carbocycles. The van der Waals surface area contributed by atoms with Crippen LogP contribution in [0.1, 0.15) is 62.6 Å². The standard InChI is InChI=1S/C30H43F3N4O3/c1-4-6-10-23(31)11-12-26(37-30(40)34-3)29(39)36-27(16-22-14-24(32)17-25(33)15-22)28(38)19-35-18-21-9-7-8-20(5-2)13-21/h7-9,13-15,17,23,26-28,35,38H,4-6,10-12,16,18-19H2,1-3H3,(H,36,39)(H2,34,37,40)/t23?,26-,27+,28+/m1/s1. The van der Waals surface area contributed by atoms with Crippen molar-refractivity contribution in [3.8, 4) is 0 Å². The van der Waals surface area contributed by atoms with Crippen molar-refractivity contribution in [2.45, 2.75) is 89.7 Å². The highest BCUT2D eigenvalue weighted by Crippen LogP contribution is 2.15. The van der Waals surface area contributed by atoms with E-state index < -0.39 is 47.9 Å². The lowest BCUT2D eigenvalue weighted by molar-refractivity contribution is -0.124. The van der Waals surface area contributed by atoms with Crippen molar-refractivity contribution < 1.29 is 27.9 Å². The minimum Gasteiger partial charge on any atom is -0.390 e. The molecule has 10 heteroatoms. The van der Waals surface area contributed by atoms with E-state index in [0.717, 1.165) is 43.0 Å². The second-order valence-electron chi connectivity index (χ2n) is 10.1. The molecule has 0 aromatic heterocycles. The zero-order chi connectivity index (χ0) is 29.5. The molecule has 5 N–H and O–H groups in total. The number of amides is 3. The molecular formula is C30H43F3N4O3. The van der Waals surface area contributed by atoms with Crippen LogP contribution in [0, 0.1) is 11.6 Å². The molecule has 40 heavy (non-hydrogen) atoms. The van der Waals surface area contributed by atoms with Gasteiger partial charge in [0.05, 0.1) is 12.1 Å². The van der Waals surface area contributed by atoms with Gasteiger partial charge in [-0.05, 0) is 60.9 Å². The topological polar surface area (TPSA) is 102 Å². The number of nitrogens with one attached hydrogen (secondary N) is 4. The van der Waals surface area contributed by atoms with Crippen LogP contribution in [0.5, 0.6) is 0 Å². The van der Waals surface area contributed by atoms with Crippen LogP contribution < -0.4 is 21.3 Å². The van der Waals surface area contributed by atoms with Gasteiger partial charge >= 0.3 is 6.03 Å². The second kappa shape index (κ2) is 17.6. The van der Waals surface area contributed by atoms with Gasteiger partial charge in [0.2, 0.25) is 5.91 Å². The number of benzene rings is 2. The van der Waals surface area contributed by atoms with Crippen LogP contribution in [0.3, 0.4) is 0 Å². The van der Waals surface area contributed by atoms with E-state index in [1.165, 1.54) is 12.6 Å². The zero-order valence-corrected chi connectivity index (χ0v) is 23.6. The van der Waals surface area contributed by atoms with Gasteiger partial charge in [-0.15, -0.1) is 0 Å². The van der Waals surface area contributed by atoms with Crippen molar-refractivity contribution in [1.29, 1.82) is 0 Å². The van der Waals surface area contributed by atoms with E-state index in [9.17, 15) is 27.9 Å². The Labute approximate surface area is 235 Å². The molecular weight excluding hydrogens is 521 g/mol. The first-order valence-electron chi connectivity index (χ1n) is 14.0. The second-order valence-corrected chi connectivity index (χ2v) is 10.1. The fourth-order valence-corrected chi connectivity index (χ4v) is 4.43. The highest BCUT2D eigenvalue weighted by molar-refractivity contribution is 5.87. The number of carbonyl (C=O) groups is 2. The minimum atomic E-state index is -1.14. The van der Waals surface area contributed by atoms with Gasteiger partial charge in [-0.25, -0.2) is 18.0 Å². The number of rotatable bonds is 17. The zero-order valence-electron chi connectivity index (χ0n) is 23.6. The van der Waals surface area contributed by atoms with Gasteiger partial charge < -0.3 is 26.4 Å². The first kappa shape index (κ1) is 33.1. The summed E-state index contributed by atoms with van der Waals surface area (Å²) in [5.74, 6) is -2.17. The minimum absolute atomic E-state index is 0.0492. The summed E-state index contributed by atoms with van der Waals surface area (Å²) < 4.78 is 42.1. The van der Waals surface area contributed by atoms with E-state index >= 15 is 0 Å². The number of aryl methyl sites for hydroxylation is 1. The Morgan fingerprint density at radius 3 is 2.27 bits per heavy atom. The van der Waals surface area contributed by atoms with Crippen LogP contribution in [0.2, 0.25) is 0 Å². The molecule has 2 rings (SSSR count). The highest BCUT2D eigenvalue weighted by Gasteiger charge is 2.28. The van der Waals surface area contributed by atoms with Gasteiger partial charge in [-0.3, -0.25) is 4.79 Å². The third-order valence-electron chi connectivity index (χ3n) is 6.74. The van der Waals surface area contributed by atoms with Crippen molar-refractivity contribution in [3.63, 3.8) is 0 Å². The number of hydrogen-bond acceptors (Lipinski definition) is 4. The molecule has 0 spiro atoms. The van der Waals surface area contributed by atoms with Crippen LogP contribution in [-0.2, 0) is 24.2 Å². The number of urea groups is 1. The maximum Gasteiger partial charge on any atom is 0.315 e. The van der Waals surface area contributed by atoms with E-state index in [0.29, 0.717) is 13.0 Å². The lowest BCUT2D eigenvalue weighted by atomic mass is 9.99. The maximum atomic E-state index is 14.3. The van der Waals surface area contributed by atoms with Crippen LogP contribution >= 0.6 is 0 Å². The molecule has 0 fully saturated rings. The molecule has 1 unspecified atom stereocenters. The Morgan fingerprint density at radius 2 is 1.62 bits per heavy atom. The van der Waals surface area contributed by atoms with Crippen molar-refractivity contribution in [1.82, 2.24) is 21.3 Å². The van der Waals surface area contributed by atoms with Crippen molar-refractivity contribution in [2.24, 2.45) is 0 Å². The monoisotopic (exact) mass is 564 g/mol. The molecule has 222 valence electrons. The number of halogens is 3. The summed E-state index contributed by atoms with van der Waals surface area (Å²) in [5, 5.41) is 21.9. The van der Waals surface area contributed by atoms with Gasteiger partial charge in [0.15, 0.2) is 0 Å². The third-order valence-corrected chi connectivity index (χ3v) is 6.74. The molecule has 0 saturated heterocycles. The van der Waals surface area contributed by atoms with Gasteiger partial charge in [-0.2, -0.15) is 0 Å². The van der Waals surface area contributed by atoms with Crippen molar-refractivity contribution in [3.05, 3.63) is 70.8 Å². The summed E-state index contributed by atoms with van der Waals surface area (Å²) in [6.45, 7) is 4.57. The molecule has 0 bridgehead atoms. The number of alkyl halides is 1. The fraction of sp³-hybridized carbons (Fsp3) is 0.533. The number of hydrogen-bond donors (Lipinski definition) is 5. The molecule has 2 aromatic rings. The number of unbranched alkanes of at least 4 members (excludes halogenated alkanes) is 1. The average molecular weight is 565 g/mol. The van der Waals surface area contributed by atoms with Gasteiger partial charge in [0.25, 0.3) is 0 Å². The maximum absolute atomic E-state index is 14.3. The summed E-state index contributed by atoms with van der Waals surface area (Å²) in [4.78, 5) is 25.3. The van der Waals surface area contributed by atoms with Crippen molar-refractivity contribution in [2.75, 3.05) is 13.6 Å². The molecule has 4 atom stereocenters. The van der Waals surface area contributed by atoms with E-state index in [2.05, 4.69) is 34.3 Å². The van der Waals surface area contributed by atoms with Crippen LogP contribution in [0.4, 0.5) is 18.0 Å². The molecule has 3 amide bonds. The fourth-order valence-electron chi connectivity index (χ4n) is 4.43. The Morgan fingerprint density at radius 1 is 0.925 bits per heavy atom. The third kappa shape index (κ3) is 12.0. The quantitative estimate of drug-likeness (QED) is 0.198. The van der Waals surface area contributed by atoms with Crippen molar-refractivity contribution >= 4 is 11.9 Å². The molecule has 0 aliphatic carbocycles. The van der Waals surface area contributed by atoms with Gasteiger partial charge in [0, 0.05) is 26.2 Å². The summed E-state index contributed by atoms with van der Waals surface area (Å²) in [6, 6.07) is 8.40. The molecule has 0 aliphatic rings. The first-order chi connectivity index (χ1) is 19.1. The van der Waals surface area contributed by atoms with Crippen LogP contribution in [0.15, 0.2) is 42.5 Å². The number of aliphatic hydroxyl groups is 1. The molecule has 7 nitrogen and oxygen atoms in total. The highest BCUT2D eigenvalue weighted by atomic mass is 19.1.